The third kappa shape index (κ3) is 6.32. The van der Waals surface area contributed by atoms with E-state index in [1.165, 1.54) is 30.5 Å². The molecule has 1 aliphatic heterocycles. The van der Waals surface area contributed by atoms with Gasteiger partial charge in [-0.25, -0.2) is 22.1 Å². The topological polar surface area (TPSA) is 68.2 Å². The van der Waals surface area contributed by atoms with Crippen molar-refractivity contribution in [3.63, 3.8) is 0 Å². The van der Waals surface area contributed by atoms with E-state index in [1.807, 2.05) is 13.0 Å². The maximum Gasteiger partial charge on any atom is 0.242 e. The molecular formula is C22H31FIN5O2S. The molecule has 3 rings (SSSR count). The number of nitrogens with zero attached hydrogens (tertiary/aromatic N) is 4. The van der Waals surface area contributed by atoms with E-state index in [2.05, 4.69) is 15.1 Å². The van der Waals surface area contributed by atoms with Gasteiger partial charge in [-0.3, -0.25) is 0 Å². The van der Waals surface area contributed by atoms with E-state index in [4.69, 9.17) is 4.99 Å². The molecule has 0 aromatic heterocycles. The average molecular weight is 575 g/mol. The zero-order chi connectivity index (χ0) is 22.4. The molecule has 1 saturated heterocycles. The minimum atomic E-state index is -3.54. The highest BCUT2D eigenvalue weighted by atomic mass is 127. The molecule has 1 heterocycles. The van der Waals surface area contributed by atoms with Gasteiger partial charge in [0.2, 0.25) is 10.0 Å². The lowest BCUT2D eigenvalue weighted by atomic mass is 10.2. The molecule has 2 aromatic rings. The van der Waals surface area contributed by atoms with Crippen molar-refractivity contribution < 1.29 is 12.8 Å². The summed E-state index contributed by atoms with van der Waals surface area (Å²) in [6.07, 6.45) is 0. The monoisotopic (exact) mass is 575 g/mol. The van der Waals surface area contributed by atoms with Crippen molar-refractivity contribution in [1.29, 1.82) is 0 Å². The fraction of sp³-hybridized carbons (Fsp3) is 0.409. The molecule has 0 radical (unpaired) electrons. The fourth-order valence-electron chi connectivity index (χ4n) is 3.50. The largest absolute Gasteiger partial charge is 0.368 e. The minimum absolute atomic E-state index is 0. The number of rotatable bonds is 6. The normalized spacial score (nSPS) is 15.0. The van der Waals surface area contributed by atoms with Crippen molar-refractivity contribution in [2.24, 2.45) is 4.99 Å². The Morgan fingerprint density at radius 1 is 1.06 bits per heavy atom. The smallest absolute Gasteiger partial charge is 0.242 e. The number of piperazine rings is 1. The summed E-state index contributed by atoms with van der Waals surface area (Å²) >= 11 is 0. The molecule has 0 bridgehead atoms. The molecule has 2 aromatic carbocycles. The molecule has 0 unspecified atom stereocenters. The second-order valence-electron chi connectivity index (χ2n) is 7.52. The first-order chi connectivity index (χ1) is 14.8. The van der Waals surface area contributed by atoms with Crippen LogP contribution in [0.25, 0.3) is 0 Å². The van der Waals surface area contributed by atoms with Gasteiger partial charge in [0.05, 0.1) is 11.4 Å². The first-order valence-electron chi connectivity index (χ1n) is 10.4. The first kappa shape index (κ1) is 26.3. The summed E-state index contributed by atoms with van der Waals surface area (Å²) in [5.74, 6) is 0.527. The third-order valence-electron chi connectivity index (χ3n) is 5.24. The van der Waals surface area contributed by atoms with Gasteiger partial charge >= 0.3 is 0 Å². The van der Waals surface area contributed by atoms with E-state index in [0.717, 1.165) is 37.8 Å². The Hall–Kier alpha value is -1.92. The van der Waals surface area contributed by atoms with Gasteiger partial charge in [0.25, 0.3) is 0 Å². The zero-order valence-corrected chi connectivity index (χ0v) is 21.8. The molecule has 1 fully saturated rings. The van der Waals surface area contributed by atoms with Crippen LogP contribution in [0.15, 0.2) is 58.4 Å². The fourth-order valence-corrected chi connectivity index (χ4v) is 4.60. The van der Waals surface area contributed by atoms with Gasteiger partial charge in [-0.1, -0.05) is 18.2 Å². The molecule has 7 nitrogen and oxygen atoms in total. The van der Waals surface area contributed by atoms with Gasteiger partial charge in [-0.15, -0.1) is 24.0 Å². The molecule has 0 atom stereocenters. The van der Waals surface area contributed by atoms with Crippen molar-refractivity contribution in [2.75, 3.05) is 51.7 Å². The van der Waals surface area contributed by atoms with Gasteiger partial charge < -0.3 is 15.1 Å². The Morgan fingerprint density at radius 2 is 1.69 bits per heavy atom. The predicted octanol–water partition coefficient (Wildman–Crippen LogP) is 2.98. The predicted molar refractivity (Wildman–Crippen MR) is 138 cm³/mol. The van der Waals surface area contributed by atoms with Crippen LogP contribution < -0.4 is 10.2 Å². The van der Waals surface area contributed by atoms with Crippen LogP contribution in [-0.4, -0.2) is 70.4 Å². The van der Waals surface area contributed by atoms with Gasteiger partial charge in [-0.05, 0) is 42.8 Å². The van der Waals surface area contributed by atoms with Crippen molar-refractivity contribution in [3.8, 4) is 0 Å². The molecule has 0 spiro atoms. The number of nitrogens with one attached hydrogen (secondary N) is 1. The maximum atomic E-state index is 13.2. The van der Waals surface area contributed by atoms with Crippen molar-refractivity contribution in [2.45, 2.75) is 18.4 Å². The van der Waals surface area contributed by atoms with Crippen LogP contribution in [-0.2, 0) is 16.6 Å². The Bertz CT molecular complexity index is 1010. The molecule has 1 aliphatic rings. The van der Waals surface area contributed by atoms with E-state index in [9.17, 15) is 12.8 Å². The highest BCUT2D eigenvalue weighted by Crippen LogP contribution is 2.20. The number of aliphatic imine (C=N–C) groups is 1. The summed E-state index contributed by atoms with van der Waals surface area (Å²) in [5, 5.41) is 3.31. The van der Waals surface area contributed by atoms with Crippen molar-refractivity contribution in [1.82, 2.24) is 14.5 Å². The van der Waals surface area contributed by atoms with Gasteiger partial charge in [0.1, 0.15) is 5.82 Å². The Kier molecular flexibility index (Phi) is 9.71. The van der Waals surface area contributed by atoms with Crippen molar-refractivity contribution in [3.05, 3.63) is 59.9 Å². The summed E-state index contributed by atoms with van der Waals surface area (Å²) < 4.78 is 39.7. The number of guanidine groups is 1. The summed E-state index contributed by atoms with van der Waals surface area (Å²) in [5.41, 5.74) is 1.67. The lowest BCUT2D eigenvalue weighted by molar-refractivity contribution is 0.372. The lowest BCUT2D eigenvalue weighted by Gasteiger charge is -2.37. The number of benzene rings is 2. The number of halogens is 2. The SMILES string of the molecule is CCNC(=NCc1ccccc1S(=O)(=O)N(C)C)N1CCN(c2ccc(F)cc2)CC1.I. The van der Waals surface area contributed by atoms with Crippen LogP contribution in [0, 0.1) is 5.82 Å². The van der Waals surface area contributed by atoms with Crippen LogP contribution in [0.2, 0.25) is 0 Å². The van der Waals surface area contributed by atoms with E-state index in [0.29, 0.717) is 12.1 Å². The average Bonchev–Trinajstić information content (AvgIpc) is 2.77. The van der Waals surface area contributed by atoms with E-state index in [-0.39, 0.29) is 41.2 Å². The van der Waals surface area contributed by atoms with Gasteiger partial charge in [0.15, 0.2) is 5.96 Å². The van der Waals surface area contributed by atoms with E-state index in [1.54, 1.807) is 30.3 Å². The van der Waals surface area contributed by atoms with Crippen LogP contribution >= 0.6 is 24.0 Å². The van der Waals surface area contributed by atoms with E-state index >= 15 is 0 Å². The molecule has 0 aliphatic carbocycles. The quantitative estimate of drug-likeness (QED) is 0.326. The van der Waals surface area contributed by atoms with E-state index < -0.39 is 10.0 Å². The Balaban J connectivity index is 0.00000363. The zero-order valence-electron chi connectivity index (χ0n) is 18.7. The molecule has 0 amide bonds. The van der Waals surface area contributed by atoms with Crippen LogP contribution in [0.4, 0.5) is 10.1 Å². The molecular weight excluding hydrogens is 544 g/mol. The van der Waals surface area contributed by atoms with Crippen LogP contribution in [0.5, 0.6) is 0 Å². The first-order valence-corrected chi connectivity index (χ1v) is 11.8. The second kappa shape index (κ2) is 11.8. The summed E-state index contributed by atoms with van der Waals surface area (Å²) in [6.45, 7) is 6.11. The molecule has 0 saturated carbocycles. The molecule has 176 valence electrons. The summed E-state index contributed by atoms with van der Waals surface area (Å²) in [4.78, 5) is 9.40. The second-order valence-corrected chi connectivity index (χ2v) is 9.64. The third-order valence-corrected chi connectivity index (χ3v) is 7.15. The molecule has 1 N–H and O–H groups in total. The number of hydrogen-bond acceptors (Lipinski definition) is 4. The summed E-state index contributed by atoms with van der Waals surface area (Å²) in [7, 11) is -0.481. The number of hydrogen-bond donors (Lipinski definition) is 1. The Labute approximate surface area is 207 Å². The van der Waals surface area contributed by atoms with Crippen molar-refractivity contribution >= 4 is 45.6 Å². The van der Waals surface area contributed by atoms with Crippen LogP contribution in [0.1, 0.15) is 12.5 Å². The van der Waals surface area contributed by atoms with Gasteiger partial charge in [0, 0.05) is 52.5 Å². The highest BCUT2D eigenvalue weighted by molar-refractivity contribution is 14.0. The highest BCUT2D eigenvalue weighted by Gasteiger charge is 2.22. The molecule has 10 heteroatoms. The molecule has 32 heavy (non-hydrogen) atoms. The Morgan fingerprint density at radius 3 is 2.28 bits per heavy atom. The standard InChI is InChI=1S/C22H30FN5O2S.HI/c1-4-24-22(25-17-18-7-5-6-8-21(18)31(29,30)26(2)3)28-15-13-27(14-16-28)20-11-9-19(23)10-12-20;/h5-12H,4,13-17H2,1-3H3,(H,24,25);1H. The van der Waals surface area contributed by atoms with Gasteiger partial charge in [-0.2, -0.15) is 0 Å². The van der Waals surface area contributed by atoms with Crippen LogP contribution in [0.3, 0.4) is 0 Å². The number of anilines is 1. The lowest BCUT2D eigenvalue weighted by Crippen LogP contribution is -2.52. The maximum absolute atomic E-state index is 13.2. The minimum Gasteiger partial charge on any atom is -0.368 e. The summed E-state index contributed by atoms with van der Waals surface area (Å²) in [6, 6.07) is 13.5. The number of sulfonamides is 1.